The Labute approximate surface area is 153 Å². The van der Waals surface area contributed by atoms with Gasteiger partial charge in [0.25, 0.3) is 17.7 Å². The van der Waals surface area contributed by atoms with Gasteiger partial charge in [0, 0.05) is 19.6 Å². The Morgan fingerprint density at radius 3 is 2.62 bits per heavy atom. The molecule has 2 aromatic rings. The lowest BCUT2D eigenvalue weighted by molar-refractivity contribution is -0.124. The summed E-state index contributed by atoms with van der Waals surface area (Å²) in [6.07, 6.45) is 1.54. The molecular formula is C17H16N4O4S. The van der Waals surface area contributed by atoms with E-state index < -0.39 is 6.10 Å². The molecule has 0 aliphatic carbocycles. The zero-order valence-corrected chi connectivity index (χ0v) is 14.6. The summed E-state index contributed by atoms with van der Waals surface area (Å²) in [6.45, 7) is 0.820. The lowest BCUT2D eigenvalue weighted by Crippen LogP contribution is -2.31. The average Bonchev–Trinajstić information content (AvgIpc) is 3.37. The van der Waals surface area contributed by atoms with Gasteiger partial charge >= 0.3 is 0 Å². The second kappa shape index (κ2) is 6.93. The standard InChI is InChI=1S/C17H16N4O4S/c22-14(12-6-3-9-25-12)18-17-20-19-13(26-17)7-8-21-15(23)10-4-1-2-5-11(10)16(21)24/h1-2,4-5,12H,3,6-9H2,(H,18,20,22). The van der Waals surface area contributed by atoms with Crippen molar-refractivity contribution in [2.45, 2.75) is 25.4 Å². The van der Waals surface area contributed by atoms with Gasteiger partial charge in [-0.1, -0.05) is 23.5 Å². The van der Waals surface area contributed by atoms with E-state index in [1.165, 1.54) is 16.2 Å². The molecule has 0 spiro atoms. The molecule has 1 atom stereocenters. The Balaban J connectivity index is 1.36. The minimum Gasteiger partial charge on any atom is -0.368 e. The lowest BCUT2D eigenvalue weighted by Gasteiger charge is -2.12. The number of benzene rings is 1. The van der Waals surface area contributed by atoms with Crippen molar-refractivity contribution in [3.05, 3.63) is 40.4 Å². The molecule has 1 N–H and O–H groups in total. The first-order valence-corrected chi connectivity index (χ1v) is 9.15. The number of carbonyl (C=O) groups is 3. The van der Waals surface area contributed by atoms with E-state index in [9.17, 15) is 14.4 Å². The molecule has 0 saturated carbocycles. The van der Waals surface area contributed by atoms with Crippen LogP contribution >= 0.6 is 11.3 Å². The maximum Gasteiger partial charge on any atom is 0.261 e. The van der Waals surface area contributed by atoms with E-state index in [4.69, 9.17) is 4.74 Å². The Kier molecular flexibility index (Phi) is 4.48. The minimum absolute atomic E-state index is 0.217. The molecule has 26 heavy (non-hydrogen) atoms. The second-order valence-corrected chi connectivity index (χ2v) is 7.11. The van der Waals surface area contributed by atoms with Crippen LogP contribution in [0, 0.1) is 0 Å². The normalized spacial score (nSPS) is 19.1. The number of carbonyl (C=O) groups excluding carboxylic acids is 3. The van der Waals surface area contributed by atoms with E-state index in [2.05, 4.69) is 15.5 Å². The molecule has 1 fully saturated rings. The number of aromatic nitrogens is 2. The number of fused-ring (bicyclic) bond motifs is 1. The third kappa shape index (κ3) is 3.11. The number of imide groups is 1. The van der Waals surface area contributed by atoms with Crippen molar-refractivity contribution in [2.75, 3.05) is 18.5 Å². The topological polar surface area (TPSA) is 101 Å². The fourth-order valence-corrected chi connectivity index (χ4v) is 3.76. The van der Waals surface area contributed by atoms with E-state index in [1.54, 1.807) is 24.3 Å². The van der Waals surface area contributed by atoms with Crippen LogP contribution in [0.1, 0.15) is 38.6 Å². The van der Waals surface area contributed by atoms with Crippen molar-refractivity contribution in [3.63, 3.8) is 0 Å². The second-order valence-electron chi connectivity index (χ2n) is 6.05. The van der Waals surface area contributed by atoms with E-state index in [0.29, 0.717) is 40.7 Å². The van der Waals surface area contributed by atoms with Crippen molar-refractivity contribution in [1.29, 1.82) is 0 Å². The molecular weight excluding hydrogens is 356 g/mol. The van der Waals surface area contributed by atoms with E-state index >= 15 is 0 Å². The van der Waals surface area contributed by atoms with Crippen LogP contribution in [-0.4, -0.2) is 52.1 Å². The molecule has 0 bridgehead atoms. The third-order valence-corrected chi connectivity index (χ3v) is 5.25. The Hall–Kier alpha value is -2.65. The lowest BCUT2D eigenvalue weighted by atomic mass is 10.1. The van der Waals surface area contributed by atoms with Gasteiger partial charge in [-0.3, -0.25) is 24.6 Å². The van der Waals surface area contributed by atoms with Crippen LogP contribution in [0.25, 0.3) is 0 Å². The largest absolute Gasteiger partial charge is 0.368 e. The molecule has 3 amide bonds. The van der Waals surface area contributed by atoms with Gasteiger partial charge in [0.1, 0.15) is 11.1 Å². The van der Waals surface area contributed by atoms with E-state index in [1.807, 2.05) is 0 Å². The van der Waals surface area contributed by atoms with Crippen molar-refractivity contribution in [2.24, 2.45) is 0 Å². The van der Waals surface area contributed by atoms with Gasteiger partial charge in [0.05, 0.1) is 11.1 Å². The van der Waals surface area contributed by atoms with Crippen molar-refractivity contribution >= 4 is 34.2 Å². The third-order valence-electron chi connectivity index (χ3n) is 4.35. The SMILES string of the molecule is O=C(Nc1nnc(CCN2C(=O)c3ccccc3C2=O)s1)C1CCCO1. The van der Waals surface area contributed by atoms with Crippen LogP contribution in [0.4, 0.5) is 5.13 Å². The number of hydrogen-bond donors (Lipinski definition) is 1. The van der Waals surface area contributed by atoms with Gasteiger partial charge < -0.3 is 4.74 Å². The quantitative estimate of drug-likeness (QED) is 0.798. The highest BCUT2D eigenvalue weighted by atomic mass is 32.1. The highest BCUT2D eigenvalue weighted by Gasteiger charge is 2.34. The first-order chi connectivity index (χ1) is 12.6. The van der Waals surface area contributed by atoms with Gasteiger partial charge in [-0.15, -0.1) is 10.2 Å². The fourth-order valence-electron chi connectivity index (χ4n) is 3.03. The Morgan fingerprint density at radius 1 is 1.23 bits per heavy atom. The van der Waals surface area contributed by atoms with Gasteiger partial charge in [-0.25, -0.2) is 0 Å². The number of nitrogens with one attached hydrogen (secondary N) is 1. The van der Waals surface area contributed by atoms with Crippen molar-refractivity contribution in [1.82, 2.24) is 15.1 Å². The fraction of sp³-hybridized carbons (Fsp3) is 0.353. The van der Waals surface area contributed by atoms with E-state index in [-0.39, 0.29) is 24.3 Å². The summed E-state index contributed by atoms with van der Waals surface area (Å²) in [5, 5.41) is 11.7. The van der Waals surface area contributed by atoms with E-state index in [0.717, 1.165) is 6.42 Å². The van der Waals surface area contributed by atoms with Crippen molar-refractivity contribution < 1.29 is 19.1 Å². The van der Waals surface area contributed by atoms with Gasteiger partial charge in [0.15, 0.2) is 0 Å². The minimum atomic E-state index is -0.430. The summed E-state index contributed by atoms with van der Waals surface area (Å²) in [4.78, 5) is 37.9. The van der Waals surface area contributed by atoms with Crippen LogP contribution in [0.3, 0.4) is 0 Å². The molecule has 1 aromatic heterocycles. The molecule has 134 valence electrons. The number of ether oxygens (including phenoxy) is 1. The summed E-state index contributed by atoms with van der Waals surface area (Å²) in [5.74, 6) is -0.797. The molecule has 0 radical (unpaired) electrons. The number of anilines is 1. The number of amides is 3. The van der Waals surface area contributed by atoms with Crippen LogP contribution in [0.2, 0.25) is 0 Å². The molecule has 3 heterocycles. The first-order valence-electron chi connectivity index (χ1n) is 8.33. The van der Waals surface area contributed by atoms with Gasteiger partial charge in [-0.2, -0.15) is 0 Å². The van der Waals surface area contributed by atoms with Crippen LogP contribution in [0.5, 0.6) is 0 Å². The molecule has 8 nitrogen and oxygen atoms in total. The summed E-state index contributed by atoms with van der Waals surface area (Å²) in [7, 11) is 0. The number of nitrogens with zero attached hydrogens (tertiary/aromatic N) is 3. The predicted octanol–water partition coefficient (Wildman–Crippen LogP) is 1.49. The Bertz CT molecular complexity index is 840. The Morgan fingerprint density at radius 2 is 1.96 bits per heavy atom. The molecule has 2 aliphatic rings. The zero-order chi connectivity index (χ0) is 18.1. The summed E-state index contributed by atoms with van der Waals surface area (Å²) < 4.78 is 5.33. The van der Waals surface area contributed by atoms with Gasteiger partial charge in [-0.05, 0) is 25.0 Å². The highest BCUT2D eigenvalue weighted by Crippen LogP contribution is 2.24. The van der Waals surface area contributed by atoms with Crippen LogP contribution in [-0.2, 0) is 16.0 Å². The summed E-state index contributed by atoms with van der Waals surface area (Å²) >= 11 is 1.23. The predicted molar refractivity (Wildman–Crippen MR) is 93.0 cm³/mol. The van der Waals surface area contributed by atoms with Crippen molar-refractivity contribution in [3.8, 4) is 0 Å². The number of rotatable bonds is 5. The highest BCUT2D eigenvalue weighted by molar-refractivity contribution is 7.15. The van der Waals surface area contributed by atoms with Crippen LogP contribution < -0.4 is 5.32 Å². The monoisotopic (exact) mass is 372 g/mol. The smallest absolute Gasteiger partial charge is 0.261 e. The van der Waals surface area contributed by atoms with Gasteiger partial charge in [0.2, 0.25) is 5.13 Å². The summed E-state index contributed by atoms with van der Waals surface area (Å²) in [5.41, 5.74) is 0.860. The maximum atomic E-state index is 12.3. The molecule has 1 aromatic carbocycles. The molecule has 2 aliphatic heterocycles. The summed E-state index contributed by atoms with van der Waals surface area (Å²) in [6, 6.07) is 6.78. The average molecular weight is 372 g/mol. The maximum absolute atomic E-state index is 12.3. The first kappa shape index (κ1) is 16.8. The molecule has 1 unspecified atom stereocenters. The molecule has 4 rings (SSSR count). The molecule has 9 heteroatoms. The number of hydrogen-bond acceptors (Lipinski definition) is 7. The molecule has 1 saturated heterocycles. The zero-order valence-electron chi connectivity index (χ0n) is 13.8. The van der Waals surface area contributed by atoms with Crippen LogP contribution in [0.15, 0.2) is 24.3 Å².